The summed E-state index contributed by atoms with van der Waals surface area (Å²) in [5.74, 6) is -0.866. The Morgan fingerprint density at radius 1 is 1.23 bits per heavy atom. The second-order valence-corrected chi connectivity index (χ2v) is 4.66. The molecular weight excluding hydrogens is 288 g/mol. The van der Waals surface area contributed by atoms with E-state index in [0.717, 1.165) is 5.56 Å². The van der Waals surface area contributed by atoms with Crippen molar-refractivity contribution in [3.8, 4) is 0 Å². The molecule has 8 nitrogen and oxygen atoms in total. The number of fused-ring (bicyclic) bond motifs is 1. The van der Waals surface area contributed by atoms with Crippen LogP contribution in [0.3, 0.4) is 0 Å². The summed E-state index contributed by atoms with van der Waals surface area (Å²) in [5, 5.41) is 8.54. The quantitative estimate of drug-likeness (QED) is 0.634. The summed E-state index contributed by atoms with van der Waals surface area (Å²) in [6, 6.07) is 7.94. The molecule has 0 spiro atoms. The fourth-order valence-electron chi connectivity index (χ4n) is 2.03. The molecule has 2 aromatic heterocycles. The molecule has 0 aliphatic heterocycles. The summed E-state index contributed by atoms with van der Waals surface area (Å²) in [7, 11) is 0. The summed E-state index contributed by atoms with van der Waals surface area (Å²) in [4.78, 5) is 36.3. The maximum absolute atomic E-state index is 11.8. The maximum Gasteiger partial charge on any atom is 0.417 e. The number of H-pyrrole nitrogens is 2. The van der Waals surface area contributed by atoms with Crippen LogP contribution in [0.1, 0.15) is 16.1 Å². The number of benzene rings is 1. The van der Waals surface area contributed by atoms with Crippen molar-refractivity contribution < 1.29 is 9.21 Å². The normalized spacial score (nSPS) is 10.7. The smallest absolute Gasteiger partial charge is 0.408 e. The van der Waals surface area contributed by atoms with Crippen LogP contribution in [0.15, 0.2) is 44.3 Å². The Bertz CT molecular complexity index is 917. The highest BCUT2D eigenvalue weighted by atomic mass is 16.4. The van der Waals surface area contributed by atoms with Gasteiger partial charge in [-0.25, -0.2) is 9.89 Å². The van der Waals surface area contributed by atoms with Gasteiger partial charge in [-0.15, -0.1) is 0 Å². The van der Waals surface area contributed by atoms with Gasteiger partial charge in [0.05, 0.1) is 5.52 Å². The summed E-state index contributed by atoms with van der Waals surface area (Å²) >= 11 is 0. The van der Waals surface area contributed by atoms with Gasteiger partial charge in [0, 0.05) is 12.6 Å². The Morgan fingerprint density at radius 2 is 2.09 bits per heavy atom. The molecule has 22 heavy (non-hydrogen) atoms. The third-order valence-corrected chi connectivity index (χ3v) is 3.10. The minimum absolute atomic E-state index is 0.145. The first-order valence-corrected chi connectivity index (χ1v) is 6.57. The van der Waals surface area contributed by atoms with Crippen LogP contribution in [0.2, 0.25) is 0 Å². The van der Waals surface area contributed by atoms with Crippen molar-refractivity contribution in [2.45, 2.75) is 6.42 Å². The monoisotopic (exact) mass is 300 g/mol. The van der Waals surface area contributed by atoms with Crippen LogP contribution in [0.5, 0.6) is 0 Å². The predicted octanol–water partition coefficient (Wildman–Crippen LogP) is 0.177. The first kappa shape index (κ1) is 13.8. The lowest BCUT2D eigenvalue weighted by Gasteiger charge is -2.04. The van der Waals surface area contributed by atoms with E-state index in [2.05, 4.69) is 20.5 Å². The van der Waals surface area contributed by atoms with E-state index in [0.29, 0.717) is 24.1 Å². The molecule has 2 heterocycles. The van der Waals surface area contributed by atoms with Gasteiger partial charge in [-0.05, 0) is 30.2 Å². The topological polar surface area (TPSA) is 121 Å². The molecule has 0 aliphatic rings. The molecule has 0 unspecified atom stereocenters. The summed E-state index contributed by atoms with van der Waals surface area (Å²) < 4.78 is 4.97. The standard InChI is InChI=1S/C14H12N4O4/c19-12-4-3-10(17-18-12)13(20)15-6-5-8-1-2-9-11(7-8)22-14(21)16-9/h1-4,7H,5-6H2,(H,15,20)(H,16,21)(H,18,19). The minimum atomic E-state index is -0.496. The molecule has 8 heteroatoms. The van der Waals surface area contributed by atoms with Crippen LogP contribution in [0, 0.1) is 0 Å². The number of oxazole rings is 1. The van der Waals surface area contributed by atoms with Crippen LogP contribution >= 0.6 is 0 Å². The Kier molecular flexibility index (Phi) is 3.57. The van der Waals surface area contributed by atoms with Gasteiger partial charge >= 0.3 is 5.76 Å². The number of hydrogen-bond donors (Lipinski definition) is 3. The SMILES string of the molecule is O=C(NCCc1ccc2[nH]c(=O)oc2c1)c1ccc(=O)[nH]n1. The third-order valence-electron chi connectivity index (χ3n) is 3.10. The third kappa shape index (κ3) is 2.95. The number of carbonyl (C=O) groups excluding carboxylic acids is 1. The molecule has 0 atom stereocenters. The molecule has 0 radical (unpaired) electrons. The van der Waals surface area contributed by atoms with E-state index in [1.54, 1.807) is 12.1 Å². The van der Waals surface area contributed by atoms with Crippen molar-refractivity contribution in [1.29, 1.82) is 0 Å². The van der Waals surface area contributed by atoms with E-state index in [4.69, 9.17) is 4.42 Å². The fraction of sp³-hybridized carbons (Fsp3) is 0.143. The average Bonchev–Trinajstić information content (AvgIpc) is 2.87. The van der Waals surface area contributed by atoms with E-state index in [9.17, 15) is 14.4 Å². The first-order valence-electron chi connectivity index (χ1n) is 6.57. The molecule has 0 bridgehead atoms. The number of nitrogens with one attached hydrogen (secondary N) is 3. The van der Waals surface area contributed by atoms with Gasteiger partial charge in [0.1, 0.15) is 5.69 Å². The van der Waals surface area contributed by atoms with Crippen molar-refractivity contribution >= 4 is 17.0 Å². The van der Waals surface area contributed by atoms with Crippen molar-refractivity contribution in [3.05, 3.63) is 62.5 Å². The van der Waals surface area contributed by atoms with Gasteiger partial charge in [-0.1, -0.05) is 6.07 Å². The molecule has 3 rings (SSSR count). The first-order chi connectivity index (χ1) is 10.6. The Hall–Kier alpha value is -3.16. The average molecular weight is 300 g/mol. The number of carbonyl (C=O) groups is 1. The van der Waals surface area contributed by atoms with E-state index in [-0.39, 0.29) is 17.2 Å². The van der Waals surface area contributed by atoms with Gasteiger partial charge in [0.25, 0.3) is 11.5 Å². The van der Waals surface area contributed by atoms with E-state index >= 15 is 0 Å². The highest BCUT2D eigenvalue weighted by molar-refractivity contribution is 5.91. The molecule has 3 aromatic rings. The number of aromatic amines is 2. The number of rotatable bonds is 4. The summed E-state index contributed by atoms with van der Waals surface area (Å²) in [6.45, 7) is 0.389. The number of nitrogens with zero attached hydrogens (tertiary/aromatic N) is 1. The lowest BCUT2D eigenvalue weighted by molar-refractivity contribution is 0.0948. The fourth-order valence-corrected chi connectivity index (χ4v) is 2.03. The van der Waals surface area contributed by atoms with Gasteiger partial charge in [0.15, 0.2) is 5.58 Å². The minimum Gasteiger partial charge on any atom is -0.408 e. The molecule has 1 amide bonds. The Labute approximate surface area is 123 Å². The number of hydrogen-bond acceptors (Lipinski definition) is 5. The number of aromatic nitrogens is 3. The van der Waals surface area contributed by atoms with Crippen molar-refractivity contribution in [1.82, 2.24) is 20.5 Å². The van der Waals surface area contributed by atoms with Crippen molar-refractivity contribution in [2.75, 3.05) is 6.54 Å². The molecule has 0 aliphatic carbocycles. The van der Waals surface area contributed by atoms with Crippen LogP contribution in [-0.4, -0.2) is 27.6 Å². The van der Waals surface area contributed by atoms with Gasteiger partial charge in [-0.3, -0.25) is 14.6 Å². The van der Waals surface area contributed by atoms with E-state index < -0.39 is 5.76 Å². The maximum atomic E-state index is 11.8. The highest BCUT2D eigenvalue weighted by Crippen LogP contribution is 2.12. The second kappa shape index (κ2) is 5.68. The van der Waals surface area contributed by atoms with E-state index in [1.807, 2.05) is 6.07 Å². The van der Waals surface area contributed by atoms with Crippen molar-refractivity contribution in [3.63, 3.8) is 0 Å². The number of amides is 1. The zero-order valence-electron chi connectivity index (χ0n) is 11.4. The lowest BCUT2D eigenvalue weighted by Crippen LogP contribution is -2.27. The van der Waals surface area contributed by atoms with Gasteiger partial charge < -0.3 is 9.73 Å². The predicted molar refractivity (Wildman–Crippen MR) is 77.7 cm³/mol. The van der Waals surface area contributed by atoms with Gasteiger partial charge in [-0.2, -0.15) is 5.10 Å². The van der Waals surface area contributed by atoms with Crippen LogP contribution < -0.4 is 16.6 Å². The van der Waals surface area contributed by atoms with E-state index in [1.165, 1.54) is 12.1 Å². The summed E-state index contributed by atoms with van der Waals surface area (Å²) in [5.41, 5.74) is 1.82. The highest BCUT2D eigenvalue weighted by Gasteiger charge is 2.07. The molecule has 0 saturated heterocycles. The Balaban J connectivity index is 1.61. The molecule has 1 aromatic carbocycles. The molecule has 0 saturated carbocycles. The zero-order chi connectivity index (χ0) is 15.5. The van der Waals surface area contributed by atoms with Crippen LogP contribution in [0.25, 0.3) is 11.1 Å². The molecule has 0 fully saturated rings. The second-order valence-electron chi connectivity index (χ2n) is 4.66. The zero-order valence-corrected chi connectivity index (χ0v) is 11.4. The molecule has 112 valence electrons. The lowest BCUT2D eigenvalue weighted by atomic mass is 10.1. The largest absolute Gasteiger partial charge is 0.417 e. The van der Waals surface area contributed by atoms with Gasteiger partial charge in [0.2, 0.25) is 0 Å². The Morgan fingerprint density at radius 3 is 2.86 bits per heavy atom. The summed E-state index contributed by atoms with van der Waals surface area (Å²) in [6.07, 6.45) is 0.569. The van der Waals surface area contributed by atoms with Crippen LogP contribution in [0.4, 0.5) is 0 Å². The molecule has 3 N–H and O–H groups in total. The molecular formula is C14H12N4O4. The van der Waals surface area contributed by atoms with Crippen molar-refractivity contribution in [2.24, 2.45) is 0 Å². The van der Waals surface area contributed by atoms with Crippen LogP contribution in [-0.2, 0) is 6.42 Å².